The van der Waals surface area contributed by atoms with Gasteiger partial charge in [0.1, 0.15) is 6.04 Å². The molecule has 0 spiro atoms. The zero-order valence-corrected chi connectivity index (χ0v) is 11.4. The molecule has 2 heterocycles. The fourth-order valence-corrected chi connectivity index (χ4v) is 2.65. The second kappa shape index (κ2) is 4.83. The lowest BCUT2D eigenvalue weighted by molar-refractivity contribution is -0.156. The first-order valence-corrected chi connectivity index (χ1v) is 6.72. The number of carboxylic acid groups (broad SMARTS) is 1. The summed E-state index contributed by atoms with van der Waals surface area (Å²) in [5.74, 6) is -1.10. The summed E-state index contributed by atoms with van der Waals surface area (Å²) in [5, 5.41) is 10.5. The molecule has 1 aromatic heterocycles. The molecule has 6 heteroatoms. The maximum absolute atomic E-state index is 12.1. The summed E-state index contributed by atoms with van der Waals surface area (Å²) in [6, 6.07) is 6.66. The van der Waals surface area contributed by atoms with Gasteiger partial charge in [-0.3, -0.25) is 4.79 Å². The average Bonchev–Trinajstić information content (AvgIpc) is 2.67. The van der Waals surface area contributed by atoms with Crippen LogP contribution in [-0.4, -0.2) is 39.5 Å². The normalized spacial score (nSPS) is 18.1. The molecule has 0 radical (unpaired) electrons. The number of benzene rings is 1. The van der Waals surface area contributed by atoms with Crippen LogP contribution in [0.2, 0.25) is 5.02 Å². The summed E-state index contributed by atoms with van der Waals surface area (Å²) in [4.78, 5) is 27.5. The van der Waals surface area contributed by atoms with Gasteiger partial charge in [0.15, 0.2) is 0 Å². The topological polar surface area (TPSA) is 73.4 Å². The first-order chi connectivity index (χ1) is 9.54. The number of H-pyrrole nitrogens is 1. The number of fused-ring (bicyclic) bond motifs is 1. The Labute approximate surface area is 120 Å². The molecular weight excluding hydrogens is 280 g/mol. The van der Waals surface area contributed by atoms with E-state index in [1.165, 1.54) is 4.90 Å². The van der Waals surface area contributed by atoms with Gasteiger partial charge >= 0.3 is 5.97 Å². The minimum atomic E-state index is -0.937. The third-order valence-corrected chi connectivity index (χ3v) is 3.84. The Morgan fingerprint density at radius 3 is 2.85 bits per heavy atom. The van der Waals surface area contributed by atoms with Gasteiger partial charge in [-0.05, 0) is 30.7 Å². The number of aliphatic carboxylic acids is 1. The lowest BCUT2D eigenvalue weighted by atomic mass is 10.0. The van der Waals surface area contributed by atoms with Crippen molar-refractivity contribution in [2.45, 2.75) is 18.9 Å². The highest BCUT2D eigenvalue weighted by Gasteiger charge is 2.37. The Bertz CT molecular complexity index is 695. The Kier molecular flexibility index (Phi) is 3.14. The van der Waals surface area contributed by atoms with Gasteiger partial charge in [-0.25, -0.2) is 4.79 Å². The van der Waals surface area contributed by atoms with Crippen LogP contribution in [0.25, 0.3) is 10.9 Å². The minimum Gasteiger partial charge on any atom is -0.480 e. The zero-order chi connectivity index (χ0) is 14.3. The van der Waals surface area contributed by atoms with Crippen molar-refractivity contribution in [1.29, 1.82) is 0 Å². The molecule has 1 aromatic carbocycles. The van der Waals surface area contributed by atoms with Crippen molar-refractivity contribution in [1.82, 2.24) is 9.88 Å². The van der Waals surface area contributed by atoms with Crippen molar-refractivity contribution in [3.05, 3.63) is 35.0 Å². The summed E-state index contributed by atoms with van der Waals surface area (Å²) in [6.07, 6.45) is 0.708. The number of aromatic amines is 1. The molecule has 0 unspecified atom stereocenters. The molecule has 104 valence electrons. The molecule has 0 aliphatic carbocycles. The summed E-state index contributed by atoms with van der Waals surface area (Å²) in [5.41, 5.74) is 1.68. The van der Waals surface area contributed by atoms with Crippen LogP contribution in [0.3, 0.4) is 0 Å². The van der Waals surface area contributed by atoms with E-state index in [1.807, 2.05) is 18.2 Å². The minimum absolute atomic E-state index is 0.165. The molecule has 20 heavy (non-hydrogen) atoms. The number of amides is 1. The quantitative estimate of drug-likeness (QED) is 0.909. The maximum Gasteiger partial charge on any atom is 0.326 e. The van der Waals surface area contributed by atoms with Crippen LogP contribution >= 0.6 is 11.6 Å². The number of likely N-dealkylation sites (tertiary alicyclic amines) is 1. The van der Waals surface area contributed by atoms with Crippen molar-refractivity contribution in [2.24, 2.45) is 0 Å². The molecule has 1 amide bonds. The number of aromatic nitrogens is 1. The highest BCUT2D eigenvalue weighted by Crippen LogP contribution is 2.22. The molecule has 2 N–H and O–H groups in total. The number of halogens is 1. The van der Waals surface area contributed by atoms with E-state index in [9.17, 15) is 9.59 Å². The van der Waals surface area contributed by atoms with Crippen molar-refractivity contribution >= 4 is 34.4 Å². The molecule has 1 aliphatic rings. The third kappa shape index (κ3) is 2.25. The SMILES string of the molecule is O=C(O)[C@@H]1CCN1C(=O)Cc1cc2cc(Cl)ccc2[nH]1. The van der Waals surface area contributed by atoms with Crippen LogP contribution in [0.1, 0.15) is 12.1 Å². The first kappa shape index (κ1) is 13.0. The highest BCUT2D eigenvalue weighted by atomic mass is 35.5. The van der Waals surface area contributed by atoms with E-state index in [2.05, 4.69) is 4.98 Å². The lowest BCUT2D eigenvalue weighted by Crippen LogP contribution is -2.55. The smallest absolute Gasteiger partial charge is 0.326 e. The van der Waals surface area contributed by atoms with E-state index in [4.69, 9.17) is 16.7 Å². The van der Waals surface area contributed by atoms with E-state index in [-0.39, 0.29) is 12.3 Å². The predicted molar refractivity (Wildman–Crippen MR) is 74.8 cm³/mol. The van der Waals surface area contributed by atoms with Crippen molar-refractivity contribution in [3.63, 3.8) is 0 Å². The average molecular weight is 293 g/mol. The molecule has 2 aromatic rings. The van der Waals surface area contributed by atoms with E-state index >= 15 is 0 Å². The van der Waals surface area contributed by atoms with Gasteiger partial charge in [-0.2, -0.15) is 0 Å². The fourth-order valence-electron chi connectivity index (χ4n) is 2.47. The number of hydrogen-bond donors (Lipinski definition) is 2. The number of carbonyl (C=O) groups is 2. The van der Waals surface area contributed by atoms with Crippen molar-refractivity contribution in [3.8, 4) is 0 Å². The van der Waals surface area contributed by atoms with Crippen LogP contribution in [0, 0.1) is 0 Å². The van der Waals surface area contributed by atoms with Crippen LogP contribution in [-0.2, 0) is 16.0 Å². The second-order valence-electron chi connectivity index (χ2n) is 4.93. The lowest BCUT2D eigenvalue weighted by Gasteiger charge is -2.37. The number of nitrogens with one attached hydrogen (secondary N) is 1. The fraction of sp³-hybridized carbons (Fsp3) is 0.286. The number of hydrogen-bond acceptors (Lipinski definition) is 2. The van der Waals surface area contributed by atoms with Gasteiger partial charge in [-0.1, -0.05) is 11.6 Å². The third-order valence-electron chi connectivity index (χ3n) is 3.61. The van der Waals surface area contributed by atoms with Gasteiger partial charge in [-0.15, -0.1) is 0 Å². The molecule has 5 nitrogen and oxygen atoms in total. The summed E-state index contributed by atoms with van der Waals surface area (Å²) in [7, 11) is 0. The number of rotatable bonds is 3. The van der Waals surface area contributed by atoms with E-state index in [0.717, 1.165) is 16.6 Å². The molecule has 0 bridgehead atoms. The molecule has 3 rings (SSSR count). The standard InChI is InChI=1S/C14H13ClN2O3/c15-9-1-2-11-8(5-9)6-10(16-11)7-13(18)17-4-3-12(17)14(19)20/h1-2,5-6,12,16H,3-4,7H2,(H,19,20)/t12-/m0/s1. The van der Waals surface area contributed by atoms with Gasteiger partial charge in [0.2, 0.25) is 5.91 Å². The van der Waals surface area contributed by atoms with Crippen LogP contribution in [0.15, 0.2) is 24.3 Å². The Morgan fingerprint density at radius 1 is 1.40 bits per heavy atom. The second-order valence-corrected chi connectivity index (χ2v) is 5.37. The van der Waals surface area contributed by atoms with Gasteiger partial charge in [0.05, 0.1) is 6.42 Å². The highest BCUT2D eigenvalue weighted by molar-refractivity contribution is 6.31. The molecule has 1 saturated heterocycles. The largest absolute Gasteiger partial charge is 0.480 e. The molecule has 1 fully saturated rings. The Balaban J connectivity index is 1.76. The Morgan fingerprint density at radius 2 is 2.20 bits per heavy atom. The van der Waals surface area contributed by atoms with E-state index in [0.29, 0.717) is 18.0 Å². The number of carbonyl (C=O) groups excluding carboxylic acids is 1. The van der Waals surface area contributed by atoms with E-state index < -0.39 is 12.0 Å². The number of carboxylic acids is 1. The summed E-state index contributed by atoms with van der Waals surface area (Å²) < 4.78 is 0. The Hall–Kier alpha value is -2.01. The summed E-state index contributed by atoms with van der Waals surface area (Å²) >= 11 is 5.92. The van der Waals surface area contributed by atoms with E-state index in [1.54, 1.807) is 6.07 Å². The zero-order valence-electron chi connectivity index (χ0n) is 10.6. The molecule has 1 aliphatic heterocycles. The molecule has 0 saturated carbocycles. The van der Waals surface area contributed by atoms with Gasteiger partial charge in [0.25, 0.3) is 0 Å². The van der Waals surface area contributed by atoms with Crippen LogP contribution in [0.4, 0.5) is 0 Å². The van der Waals surface area contributed by atoms with Crippen molar-refractivity contribution in [2.75, 3.05) is 6.54 Å². The van der Waals surface area contributed by atoms with Gasteiger partial charge < -0.3 is 15.0 Å². The predicted octanol–water partition coefficient (Wildman–Crippen LogP) is 2.05. The number of nitrogens with zero attached hydrogens (tertiary/aromatic N) is 1. The van der Waals surface area contributed by atoms with Gasteiger partial charge in [0, 0.05) is 28.2 Å². The summed E-state index contributed by atoms with van der Waals surface area (Å²) in [6.45, 7) is 0.516. The monoisotopic (exact) mass is 292 g/mol. The maximum atomic E-state index is 12.1. The van der Waals surface area contributed by atoms with Crippen LogP contribution in [0.5, 0.6) is 0 Å². The first-order valence-electron chi connectivity index (χ1n) is 6.34. The van der Waals surface area contributed by atoms with Crippen LogP contribution < -0.4 is 0 Å². The molecular formula is C14H13ClN2O3. The molecule has 1 atom stereocenters. The van der Waals surface area contributed by atoms with Crippen molar-refractivity contribution < 1.29 is 14.7 Å².